The van der Waals surface area contributed by atoms with Crippen molar-refractivity contribution in [3.8, 4) is 0 Å². The number of benzene rings is 1. The molecule has 1 aromatic rings. The van der Waals surface area contributed by atoms with Crippen LogP contribution in [-0.2, 0) is 16.3 Å². The van der Waals surface area contributed by atoms with Crippen molar-refractivity contribution >= 4 is 9.84 Å². The van der Waals surface area contributed by atoms with Crippen molar-refractivity contribution in [3.63, 3.8) is 0 Å². The molecule has 3 nitrogen and oxygen atoms in total. The Kier molecular flexibility index (Phi) is 4.47. The molecule has 0 radical (unpaired) electrons. The normalized spacial score (nSPS) is 14.5. The molecule has 1 rings (SSSR count). The first-order valence-electron chi connectivity index (χ1n) is 6.41. The number of sulfone groups is 1. The molecule has 0 amide bonds. The summed E-state index contributed by atoms with van der Waals surface area (Å²) in [6.07, 6.45) is 0.617. The number of hydrogen-bond acceptors (Lipinski definition) is 3. The molecule has 0 aromatic heterocycles. The van der Waals surface area contributed by atoms with E-state index in [4.69, 9.17) is 0 Å². The van der Waals surface area contributed by atoms with E-state index in [1.54, 1.807) is 13.8 Å². The maximum atomic E-state index is 11.7. The summed E-state index contributed by atoms with van der Waals surface area (Å²) in [5.41, 5.74) is 4.41. The fourth-order valence-electron chi connectivity index (χ4n) is 2.22. The standard InChI is InChI=1S/C15H24O3S/c1-10-7-11(2)13(12(3)8-10)9-14(16)15(4,5)19(6,17)18/h7-8,14,16H,9H2,1-6H3. The van der Waals surface area contributed by atoms with E-state index < -0.39 is 20.7 Å². The highest BCUT2D eigenvalue weighted by Gasteiger charge is 2.38. The Bertz CT molecular complexity index is 548. The first kappa shape index (κ1) is 16.2. The molecule has 0 bridgehead atoms. The minimum absolute atomic E-state index is 0.359. The molecule has 1 N–H and O–H groups in total. The molecule has 0 spiro atoms. The zero-order chi connectivity index (χ0) is 15.0. The molecule has 0 aliphatic rings. The Morgan fingerprint density at radius 1 is 1.16 bits per heavy atom. The second-order valence-corrected chi connectivity index (χ2v) is 8.57. The monoisotopic (exact) mass is 284 g/mol. The maximum absolute atomic E-state index is 11.7. The van der Waals surface area contributed by atoms with Gasteiger partial charge in [-0.1, -0.05) is 17.7 Å². The predicted octanol–water partition coefficient (Wildman–Crippen LogP) is 2.34. The van der Waals surface area contributed by atoms with Gasteiger partial charge in [-0.3, -0.25) is 0 Å². The Morgan fingerprint density at radius 2 is 1.58 bits per heavy atom. The van der Waals surface area contributed by atoms with Crippen molar-refractivity contribution in [1.82, 2.24) is 0 Å². The van der Waals surface area contributed by atoms with Crippen LogP contribution in [0.1, 0.15) is 36.1 Å². The van der Waals surface area contributed by atoms with Crippen LogP contribution in [0.3, 0.4) is 0 Å². The molecule has 0 saturated carbocycles. The largest absolute Gasteiger partial charge is 0.391 e. The molecule has 0 heterocycles. The predicted molar refractivity (Wildman–Crippen MR) is 79.3 cm³/mol. The van der Waals surface area contributed by atoms with E-state index >= 15 is 0 Å². The first-order valence-corrected chi connectivity index (χ1v) is 8.30. The average molecular weight is 284 g/mol. The second-order valence-electron chi connectivity index (χ2n) is 5.97. The Morgan fingerprint density at radius 3 is 1.95 bits per heavy atom. The van der Waals surface area contributed by atoms with Gasteiger partial charge in [-0.15, -0.1) is 0 Å². The van der Waals surface area contributed by atoms with E-state index in [1.165, 1.54) is 11.8 Å². The van der Waals surface area contributed by atoms with Crippen molar-refractivity contribution < 1.29 is 13.5 Å². The zero-order valence-electron chi connectivity index (χ0n) is 12.6. The summed E-state index contributed by atoms with van der Waals surface area (Å²) in [7, 11) is -3.31. The van der Waals surface area contributed by atoms with Gasteiger partial charge in [-0.05, 0) is 51.3 Å². The molecular weight excluding hydrogens is 260 g/mol. The smallest absolute Gasteiger partial charge is 0.155 e. The first-order chi connectivity index (χ1) is 8.46. The third-order valence-electron chi connectivity index (χ3n) is 4.00. The number of aryl methyl sites for hydroxylation is 3. The Hall–Kier alpha value is -0.870. The van der Waals surface area contributed by atoms with Gasteiger partial charge in [0, 0.05) is 12.7 Å². The molecule has 0 saturated heterocycles. The zero-order valence-corrected chi connectivity index (χ0v) is 13.4. The van der Waals surface area contributed by atoms with Gasteiger partial charge >= 0.3 is 0 Å². The lowest BCUT2D eigenvalue weighted by Gasteiger charge is -2.29. The summed E-state index contributed by atoms with van der Waals surface area (Å²) in [4.78, 5) is 0. The van der Waals surface area contributed by atoms with E-state index in [9.17, 15) is 13.5 Å². The fraction of sp³-hybridized carbons (Fsp3) is 0.600. The van der Waals surface area contributed by atoms with Crippen LogP contribution in [-0.4, -0.2) is 30.6 Å². The second kappa shape index (κ2) is 5.25. The van der Waals surface area contributed by atoms with Crippen LogP contribution < -0.4 is 0 Å². The van der Waals surface area contributed by atoms with E-state index in [1.807, 2.05) is 20.8 Å². The van der Waals surface area contributed by atoms with Crippen molar-refractivity contribution in [2.45, 2.75) is 51.9 Å². The topological polar surface area (TPSA) is 54.4 Å². The number of rotatable bonds is 4. The van der Waals surface area contributed by atoms with Gasteiger partial charge in [0.1, 0.15) is 0 Å². The lowest BCUT2D eigenvalue weighted by atomic mass is 9.91. The van der Waals surface area contributed by atoms with Crippen LogP contribution in [0, 0.1) is 20.8 Å². The van der Waals surface area contributed by atoms with Gasteiger partial charge in [0.05, 0.1) is 10.9 Å². The molecule has 19 heavy (non-hydrogen) atoms. The van der Waals surface area contributed by atoms with Crippen LogP contribution in [0.2, 0.25) is 0 Å². The molecule has 0 fully saturated rings. The van der Waals surface area contributed by atoms with Gasteiger partial charge in [-0.2, -0.15) is 0 Å². The van der Waals surface area contributed by atoms with Gasteiger partial charge < -0.3 is 5.11 Å². The lowest BCUT2D eigenvalue weighted by Crippen LogP contribution is -2.44. The van der Waals surface area contributed by atoms with Crippen molar-refractivity contribution in [1.29, 1.82) is 0 Å². The van der Waals surface area contributed by atoms with E-state index in [-0.39, 0.29) is 0 Å². The van der Waals surface area contributed by atoms with Gasteiger partial charge in [0.15, 0.2) is 9.84 Å². The number of aliphatic hydroxyl groups excluding tert-OH is 1. The molecule has 1 atom stereocenters. The molecule has 108 valence electrons. The van der Waals surface area contributed by atoms with Crippen molar-refractivity contribution in [2.24, 2.45) is 0 Å². The summed E-state index contributed by atoms with van der Waals surface area (Å²) in [5.74, 6) is 0. The average Bonchev–Trinajstić information content (AvgIpc) is 2.21. The highest BCUT2D eigenvalue weighted by molar-refractivity contribution is 7.92. The molecule has 0 aliphatic carbocycles. The lowest BCUT2D eigenvalue weighted by molar-refractivity contribution is 0.137. The minimum atomic E-state index is -3.31. The van der Waals surface area contributed by atoms with E-state index in [0.717, 1.165) is 16.7 Å². The summed E-state index contributed by atoms with van der Waals surface area (Å²) in [6, 6.07) is 4.12. The summed E-state index contributed by atoms with van der Waals surface area (Å²) in [5, 5.41) is 10.3. The Balaban J connectivity index is 3.11. The summed E-state index contributed by atoms with van der Waals surface area (Å²) >= 11 is 0. The Labute approximate surface area is 116 Å². The van der Waals surface area contributed by atoms with Crippen LogP contribution in [0.4, 0.5) is 0 Å². The highest BCUT2D eigenvalue weighted by atomic mass is 32.2. The maximum Gasteiger partial charge on any atom is 0.155 e. The third-order valence-corrected chi connectivity index (χ3v) is 6.18. The summed E-state index contributed by atoms with van der Waals surface area (Å²) < 4.78 is 22.4. The van der Waals surface area contributed by atoms with Crippen LogP contribution in [0.5, 0.6) is 0 Å². The molecule has 0 aliphatic heterocycles. The molecule has 1 unspecified atom stereocenters. The molecular formula is C15H24O3S. The molecule has 4 heteroatoms. The van der Waals surface area contributed by atoms with Crippen LogP contribution in [0.25, 0.3) is 0 Å². The van der Waals surface area contributed by atoms with E-state index in [0.29, 0.717) is 6.42 Å². The van der Waals surface area contributed by atoms with Gasteiger partial charge in [0.2, 0.25) is 0 Å². The van der Waals surface area contributed by atoms with Crippen LogP contribution in [0.15, 0.2) is 12.1 Å². The number of hydrogen-bond donors (Lipinski definition) is 1. The van der Waals surface area contributed by atoms with Crippen molar-refractivity contribution in [3.05, 3.63) is 34.4 Å². The number of aliphatic hydroxyl groups is 1. The van der Waals surface area contributed by atoms with E-state index in [2.05, 4.69) is 12.1 Å². The SMILES string of the molecule is Cc1cc(C)c(CC(O)C(C)(C)S(C)(=O)=O)c(C)c1. The van der Waals surface area contributed by atoms with Gasteiger partial charge in [0.25, 0.3) is 0 Å². The van der Waals surface area contributed by atoms with Gasteiger partial charge in [-0.25, -0.2) is 8.42 Å². The molecule has 1 aromatic carbocycles. The minimum Gasteiger partial charge on any atom is -0.391 e. The fourth-order valence-corrected chi connectivity index (χ4v) is 2.80. The highest BCUT2D eigenvalue weighted by Crippen LogP contribution is 2.26. The third kappa shape index (κ3) is 3.37. The van der Waals surface area contributed by atoms with Crippen molar-refractivity contribution in [2.75, 3.05) is 6.26 Å². The summed E-state index contributed by atoms with van der Waals surface area (Å²) in [6.45, 7) is 9.17. The van der Waals surface area contributed by atoms with Crippen LogP contribution >= 0.6 is 0 Å². The quantitative estimate of drug-likeness (QED) is 0.923.